The van der Waals surface area contributed by atoms with Crippen molar-refractivity contribution in [2.24, 2.45) is 0 Å². The fourth-order valence-electron chi connectivity index (χ4n) is 7.92. The number of aryl methyl sites for hydroxylation is 3. The molecule has 0 N–H and O–H groups in total. The van der Waals surface area contributed by atoms with Crippen LogP contribution in [0.5, 0.6) is 0 Å². The van der Waals surface area contributed by atoms with Gasteiger partial charge in [0.1, 0.15) is 0 Å². The summed E-state index contributed by atoms with van der Waals surface area (Å²) in [4.78, 5) is 0. The standard InChI is InChI=1S/C48H37N/c1-4-49-45-17-11-10-14-39(45)42-30-38(26-27-46(42)49)35-20-18-33(19-21-35)34-22-24-37(25-23-34)48-41-16-9-8-15-40(41)47(36-12-6-5-7-13-36)43-28-31(2)32(3)29-44(43)48/h5-30H,4H2,1-3H3. The van der Waals surface area contributed by atoms with Crippen LogP contribution < -0.4 is 0 Å². The Kier molecular flexibility index (Phi) is 6.95. The SMILES string of the molecule is CCn1c2ccccc2c2cc(-c3ccc(-c4ccc(-c5c6ccccc6c(-c6ccccc6)c6cc(C)c(C)cc56)cc4)cc3)ccc21. The van der Waals surface area contributed by atoms with E-state index in [1.807, 2.05) is 0 Å². The maximum Gasteiger partial charge on any atom is 0.0491 e. The number of aromatic nitrogens is 1. The van der Waals surface area contributed by atoms with Gasteiger partial charge in [0.15, 0.2) is 0 Å². The summed E-state index contributed by atoms with van der Waals surface area (Å²) >= 11 is 0. The molecule has 0 bridgehead atoms. The van der Waals surface area contributed by atoms with Gasteiger partial charge in [-0.05, 0) is 116 Å². The molecule has 0 radical (unpaired) electrons. The van der Waals surface area contributed by atoms with Gasteiger partial charge in [-0.3, -0.25) is 0 Å². The van der Waals surface area contributed by atoms with Gasteiger partial charge in [0.25, 0.3) is 0 Å². The molecule has 0 saturated carbocycles. The van der Waals surface area contributed by atoms with Crippen molar-refractivity contribution in [1.82, 2.24) is 4.57 Å². The fourth-order valence-corrected chi connectivity index (χ4v) is 7.92. The van der Waals surface area contributed by atoms with Gasteiger partial charge in [0.2, 0.25) is 0 Å². The second-order valence-electron chi connectivity index (χ2n) is 13.3. The van der Waals surface area contributed by atoms with Crippen LogP contribution in [-0.2, 0) is 6.54 Å². The van der Waals surface area contributed by atoms with Crippen molar-refractivity contribution in [3.8, 4) is 44.5 Å². The van der Waals surface area contributed by atoms with E-state index in [4.69, 9.17) is 0 Å². The summed E-state index contributed by atoms with van der Waals surface area (Å²) in [7, 11) is 0. The maximum atomic E-state index is 2.41. The summed E-state index contributed by atoms with van der Waals surface area (Å²) < 4.78 is 2.41. The normalized spacial score (nSPS) is 11.7. The molecule has 0 unspecified atom stereocenters. The second kappa shape index (κ2) is 11.6. The van der Waals surface area contributed by atoms with Crippen LogP contribution in [0.3, 0.4) is 0 Å². The predicted molar refractivity (Wildman–Crippen MR) is 211 cm³/mol. The van der Waals surface area contributed by atoms with Gasteiger partial charge in [-0.15, -0.1) is 0 Å². The third-order valence-electron chi connectivity index (χ3n) is 10.5. The molecule has 1 nitrogen and oxygen atoms in total. The van der Waals surface area contributed by atoms with E-state index < -0.39 is 0 Å². The first-order valence-electron chi connectivity index (χ1n) is 17.3. The third kappa shape index (κ3) is 4.77. The van der Waals surface area contributed by atoms with Crippen LogP contribution in [-0.4, -0.2) is 4.57 Å². The lowest BCUT2D eigenvalue weighted by molar-refractivity contribution is 0.827. The third-order valence-corrected chi connectivity index (χ3v) is 10.5. The molecule has 234 valence electrons. The molecule has 1 aromatic heterocycles. The molecule has 49 heavy (non-hydrogen) atoms. The zero-order valence-corrected chi connectivity index (χ0v) is 28.2. The summed E-state index contributed by atoms with van der Waals surface area (Å²) in [5.41, 5.74) is 15.3. The van der Waals surface area contributed by atoms with Crippen molar-refractivity contribution >= 4 is 43.4 Å². The van der Waals surface area contributed by atoms with Crippen LogP contribution in [0.4, 0.5) is 0 Å². The average Bonchev–Trinajstić information content (AvgIpc) is 3.48. The summed E-state index contributed by atoms with van der Waals surface area (Å²) in [5.74, 6) is 0. The minimum Gasteiger partial charge on any atom is -0.341 e. The highest BCUT2D eigenvalue weighted by molar-refractivity contribution is 6.21. The first-order valence-corrected chi connectivity index (χ1v) is 17.3. The van der Waals surface area contributed by atoms with Crippen LogP contribution in [0.15, 0.2) is 158 Å². The Morgan fingerprint density at radius 1 is 0.347 bits per heavy atom. The van der Waals surface area contributed by atoms with Crippen molar-refractivity contribution in [3.63, 3.8) is 0 Å². The van der Waals surface area contributed by atoms with Crippen LogP contribution in [0, 0.1) is 13.8 Å². The van der Waals surface area contributed by atoms with Crippen LogP contribution in [0.25, 0.3) is 87.9 Å². The number of hydrogen-bond donors (Lipinski definition) is 0. The number of nitrogens with zero attached hydrogens (tertiary/aromatic N) is 1. The highest BCUT2D eigenvalue weighted by Gasteiger charge is 2.18. The molecular formula is C48H37N. The number of benzene rings is 8. The predicted octanol–water partition coefficient (Wildman–Crippen LogP) is 13.4. The van der Waals surface area contributed by atoms with E-state index in [0.29, 0.717) is 0 Å². The first-order chi connectivity index (χ1) is 24.1. The number of rotatable bonds is 5. The van der Waals surface area contributed by atoms with Gasteiger partial charge in [-0.1, -0.05) is 140 Å². The van der Waals surface area contributed by atoms with Gasteiger partial charge < -0.3 is 4.57 Å². The van der Waals surface area contributed by atoms with E-state index in [2.05, 4.69) is 183 Å². The minimum atomic E-state index is 0.960. The first kappa shape index (κ1) is 29.2. The molecule has 0 aliphatic heterocycles. The van der Waals surface area contributed by atoms with Crippen LogP contribution in [0.1, 0.15) is 18.1 Å². The molecule has 9 aromatic rings. The topological polar surface area (TPSA) is 4.93 Å². The van der Waals surface area contributed by atoms with Crippen LogP contribution in [0.2, 0.25) is 0 Å². The monoisotopic (exact) mass is 627 g/mol. The molecule has 0 fully saturated rings. The van der Waals surface area contributed by atoms with E-state index >= 15 is 0 Å². The molecule has 0 spiro atoms. The Morgan fingerprint density at radius 2 is 0.776 bits per heavy atom. The van der Waals surface area contributed by atoms with E-state index in [1.54, 1.807) is 0 Å². The van der Waals surface area contributed by atoms with E-state index in [0.717, 1.165) is 6.54 Å². The molecule has 0 amide bonds. The molecule has 0 aliphatic rings. The minimum absolute atomic E-state index is 0.960. The van der Waals surface area contributed by atoms with E-state index in [-0.39, 0.29) is 0 Å². The van der Waals surface area contributed by atoms with Crippen molar-refractivity contribution in [2.45, 2.75) is 27.3 Å². The molecule has 9 rings (SSSR count). The summed E-state index contributed by atoms with van der Waals surface area (Å²) in [5, 5.41) is 7.82. The Hall–Kier alpha value is -5.92. The maximum absolute atomic E-state index is 2.41. The summed E-state index contributed by atoms with van der Waals surface area (Å²) in [6.07, 6.45) is 0. The smallest absolute Gasteiger partial charge is 0.0491 e. The average molecular weight is 628 g/mol. The van der Waals surface area contributed by atoms with Crippen molar-refractivity contribution < 1.29 is 0 Å². The Balaban J connectivity index is 1.11. The zero-order valence-electron chi connectivity index (χ0n) is 28.2. The molecule has 8 aromatic carbocycles. The number of fused-ring (bicyclic) bond motifs is 5. The van der Waals surface area contributed by atoms with Gasteiger partial charge >= 0.3 is 0 Å². The van der Waals surface area contributed by atoms with Crippen LogP contribution >= 0.6 is 0 Å². The molecular weight excluding hydrogens is 591 g/mol. The van der Waals surface area contributed by atoms with Crippen molar-refractivity contribution in [1.29, 1.82) is 0 Å². The van der Waals surface area contributed by atoms with Crippen molar-refractivity contribution in [2.75, 3.05) is 0 Å². The second-order valence-corrected chi connectivity index (χ2v) is 13.3. The molecule has 1 heterocycles. The molecule has 1 heteroatoms. The Morgan fingerprint density at radius 3 is 1.35 bits per heavy atom. The molecule has 0 aliphatic carbocycles. The lowest BCUT2D eigenvalue weighted by atomic mass is 9.84. The molecule has 0 atom stereocenters. The highest BCUT2D eigenvalue weighted by atomic mass is 15.0. The van der Waals surface area contributed by atoms with Gasteiger partial charge in [0, 0.05) is 28.4 Å². The van der Waals surface area contributed by atoms with Gasteiger partial charge in [-0.25, -0.2) is 0 Å². The van der Waals surface area contributed by atoms with E-state index in [1.165, 1.54) is 99.0 Å². The quantitative estimate of drug-likeness (QED) is 0.167. The highest BCUT2D eigenvalue weighted by Crippen LogP contribution is 2.45. The number of para-hydroxylation sites is 1. The number of hydrogen-bond acceptors (Lipinski definition) is 0. The Labute approximate surface area is 287 Å². The largest absolute Gasteiger partial charge is 0.341 e. The summed E-state index contributed by atoms with van der Waals surface area (Å²) in [6.45, 7) is 7.63. The van der Waals surface area contributed by atoms with Gasteiger partial charge in [0.05, 0.1) is 0 Å². The van der Waals surface area contributed by atoms with Gasteiger partial charge in [-0.2, -0.15) is 0 Å². The lowest BCUT2D eigenvalue weighted by Gasteiger charge is -2.19. The summed E-state index contributed by atoms with van der Waals surface area (Å²) in [6, 6.07) is 58.4. The molecule has 0 saturated heterocycles. The van der Waals surface area contributed by atoms with Crippen molar-refractivity contribution in [3.05, 3.63) is 169 Å². The fraction of sp³-hybridized carbons (Fsp3) is 0.0833. The van der Waals surface area contributed by atoms with E-state index in [9.17, 15) is 0 Å². The zero-order chi connectivity index (χ0) is 33.1. The lowest BCUT2D eigenvalue weighted by Crippen LogP contribution is -1.93. The Bertz CT molecular complexity index is 2670.